The van der Waals surface area contributed by atoms with E-state index in [2.05, 4.69) is 0 Å². The van der Waals surface area contributed by atoms with Crippen LogP contribution in [0, 0.1) is 0 Å². The smallest absolute Gasteiger partial charge is 0.318 e. The minimum absolute atomic E-state index is 0.00902. The second-order valence-electron chi connectivity index (χ2n) is 10.3. The summed E-state index contributed by atoms with van der Waals surface area (Å²) in [4.78, 5) is 29.6. The largest absolute Gasteiger partial charge is 0.497 e. The molecule has 10 heteroatoms. The third-order valence-electron chi connectivity index (χ3n) is 7.77. The van der Waals surface area contributed by atoms with Gasteiger partial charge in [-0.25, -0.2) is 0 Å². The second kappa shape index (κ2) is 8.34. The molecule has 0 bridgehead atoms. The van der Waals surface area contributed by atoms with Gasteiger partial charge < -0.3 is 38.4 Å². The monoisotopic (exact) mass is 511 g/mol. The van der Waals surface area contributed by atoms with Crippen LogP contribution >= 0.6 is 0 Å². The molecule has 1 amide bonds. The molecule has 37 heavy (non-hydrogen) atoms. The van der Waals surface area contributed by atoms with E-state index in [-0.39, 0.29) is 25.7 Å². The molecular formula is C27H29NO9. The molecule has 2 fully saturated rings. The summed E-state index contributed by atoms with van der Waals surface area (Å²) < 4.78 is 34.2. The van der Waals surface area contributed by atoms with E-state index in [9.17, 15) is 14.7 Å². The maximum Gasteiger partial charge on any atom is 0.318 e. The summed E-state index contributed by atoms with van der Waals surface area (Å²) in [6.45, 7) is 3.70. The molecule has 0 radical (unpaired) electrons. The summed E-state index contributed by atoms with van der Waals surface area (Å²) in [5.41, 5.74) is 0.118. The summed E-state index contributed by atoms with van der Waals surface area (Å²) in [7, 11) is 2.89. The minimum Gasteiger partial charge on any atom is -0.497 e. The quantitative estimate of drug-likeness (QED) is 0.617. The van der Waals surface area contributed by atoms with Gasteiger partial charge in [0.1, 0.15) is 23.4 Å². The first-order valence-corrected chi connectivity index (χ1v) is 12.2. The molecule has 1 aliphatic carbocycles. The average molecular weight is 512 g/mol. The van der Waals surface area contributed by atoms with Gasteiger partial charge in [0.25, 0.3) is 5.91 Å². The van der Waals surface area contributed by atoms with Crippen LogP contribution in [0.5, 0.6) is 17.2 Å². The number of carbonyl (C=O) groups excluding carboxylic acids is 2. The first kappa shape index (κ1) is 24.0. The molecule has 196 valence electrons. The zero-order valence-electron chi connectivity index (χ0n) is 21.1. The molecule has 1 saturated carbocycles. The van der Waals surface area contributed by atoms with Crippen molar-refractivity contribution >= 4 is 11.9 Å². The fourth-order valence-corrected chi connectivity index (χ4v) is 6.28. The van der Waals surface area contributed by atoms with E-state index in [0.29, 0.717) is 28.4 Å². The molecule has 1 N–H and O–H groups in total. The molecule has 3 heterocycles. The van der Waals surface area contributed by atoms with Crippen molar-refractivity contribution in [3.8, 4) is 17.2 Å². The number of ether oxygens (including phenoxy) is 6. The highest BCUT2D eigenvalue weighted by Crippen LogP contribution is 2.54. The Morgan fingerprint density at radius 2 is 1.76 bits per heavy atom. The summed E-state index contributed by atoms with van der Waals surface area (Å²) >= 11 is 0. The fourth-order valence-electron chi connectivity index (χ4n) is 6.28. The lowest BCUT2D eigenvalue weighted by Gasteiger charge is -2.54. The molecule has 3 aliphatic heterocycles. The van der Waals surface area contributed by atoms with Crippen molar-refractivity contribution < 1.29 is 43.1 Å². The highest BCUT2D eigenvalue weighted by Gasteiger charge is 2.68. The zero-order chi connectivity index (χ0) is 26.1. The van der Waals surface area contributed by atoms with Crippen molar-refractivity contribution in [3.63, 3.8) is 0 Å². The number of nitrogens with zero attached hydrogens (tertiary/aromatic N) is 1. The lowest BCUT2D eigenvalue weighted by molar-refractivity contribution is -0.165. The number of methoxy groups -OCH3 is 2. The average Bonchev–Trinajstić information content (AvgIpc) is 3.48. The van der Waals surface area contributed by atoms with E-state index in [0.717, 1.165) is 5.56 Å². The third kappa shape index (κ3) is 3.50. The predicted octanol–water partition coefficient (Wildman–Crippen LogP) is 2.14. The van der Waals surface area contributed by atoms with Crippen LogP contribution in [0.25, 0.3) is 0 Å². The van der Waals surface area contributed by atoms with E-state index in [1.807, 2.05) is 24.3 Å². The molecular weight excluding hydrogens is 482 g/mol. The van der Waals surface area contributed by atoms with E-state index < -0.39 is 41.5 Å². The lowest BCUT2D eigenvalue weighted by atomic mass is 9.59. The van der Waals surface area contributed by atoms with Gasteiger partial charge in [-0.05, 0) is 55.7 Å². The van der Waals surface area contributed by atoms with E-state index in [4.69, 9.17) is 28.4 Å². The first-order chi connectivity index (χ1) is 17.7. The maximum absolute atomic E-state index is 14.2. The topological polar surface area (TPSA) is 113 Å². The minimum atomic E-state index is -1.43. The molecule has 10 nitrogen and oxygen atoms in total. The number of fused-ring (bicyclic) bond motifs is 6. The van der Waals surface area contributed by atoms with Gasteiger partial charge in [-0.2, -0.15) is 0 Å². The van der Waals surface area contributed by atoms with Crippen LogP contribution in [0.4, 0.5) is 0 Å². The van der Waals surface area contributed by atoms with Gasteiger partial charge in [0.15, 0.2) is 17.3 Å². The lowest BCUT2D eigenvalue weighted by Crippen LogP contribution is -2.71. The fraction of sp³-hybridized carbons (Fsp3) is 0.481. The Morgan fingerprint density at radius 1 is 1.08 bits per heavy atom. The van der Waals surface area contributed by atoms with Crippen molar-refractivity contribution in [2.24, 2.45) is 0 Å². The van der Waals surface area contributed by atoms with Crippen LogP contribution in [0.15, 0.2) is 36.4 Å². The van der Waals surface area contributed by atoms with Gasteiger partial charge in [0.05, 0.1) is 26.4 Å². The van der Waals surface area contributed by atoms with Crippen LogP contribution < -0.4 is 14.2 Å². The van der Waals surface area contributed by atoms with Crippen molar-refractivity contribution in [1.29, 1.82) is 0 Å². The van der Waals surface area contributed by atoms with E-state index in [1.165, 1.54) is 7.11 Å². The Labute approximate surface area is 213 Å². The standard InChI is InChI=1S/C27H29NO9/c1-26(2)36-21-18(29)11-27(25(31)33-4)17-10-20-19(34-13-35-20)9-16(17)24(30)28(23(27)22(21)37-26)12-14-5-7-15(32-3)8-6-14/h5-10,18,21-23,29H,11-13H2,1-4H3/t18-,21-,22-,23+,27+/m0/s1. The SMILES string of the molecule is COC(=O)[C@@]12C[C@H](O)[C@@H]3OC(C)(C)O[C@@H]3[C@H]1N(Cc1ccc(OC)cc1)C(=O)c1cc3c(cc12)OCO3. The van der Waals surface area contributed by atoms with Crippen LogP contribution in [0.1, 0.15) is 41.8 Å². The van der Waals surface area contributed by atoms with E-state index >= 15 is 0 Å². The molecule has 2 aromatic rings. The first-order valence-electron chi connectivity index (χ1n) is 12.2. The normalized spacial score (nSPS) is 30.8. The van der Waals surface area contributed by atoms with Crippen LogP contribution in [0.3, 0.4) is 0 Å². The molecule has 5 atom stereocenters. The van der Waals surface area contributed by atoms with Crippen LogP contribution in [-0.4, -0.2) is 73.0 Å². The summed E-state index contributed by atoms with van der Waals surface area (Å²) in [6.07, 6.45) is -2.60. The summed E-state index contributed by atoms with van der Waals surface area (Å²) in [5, 5.41) is 11.3. The van der Waals surface area contributed by atoms with Gasteiger partial charge in [-0.3, -0.25) is 9.59 Å². The van der Waals surface area contributed by atoms with Crippen molar-refractivity contribution in [1.82, 2.24) is 4.90 Å². The van der Waals surface area contributed by atoms with Crippen molar-refractivity contribution in [2.45, 2.75) is 62.4 Å². The Hall–Kier alpha value is -3.34. The maximum atomic E-state index is 14.2. The highest BCUT2D eigenvalue weighted by molar-refractivity contribution is 6.03. The van der Waals surface area contributed by atoms with Gasteiger partial charge in [0, 0.05) is 12.1 Å². The second-order valence-corrected chi connectivity index (χ2v) is 10.3. The molecule has 1 saturated heterocycles. The van der Waals surface area contributed by atoms with E-state index in [1.54, 1.807) is 38.0 Å². The Balaban J connectivity index is 1.57. The van der Waals surface area contributed by atoms with Gasteiger partial charge >= 0.3 is 5.97 Å². The van der Waals surface area contributed by atoms with Crippen molar-refractivity contribution in [3.05, 3.63) is 53.1 Å². The molecule has 0 aromatic heterocycles. The number of esters is 1. The third-order valence-corrected chi connectivity index (χ3v) is 7.77. The van der Waals surface area contributed by atoms with Crippen molar-refractivity contribution in [2.75, 3.05) is 21.0 Å². The Morgan fingerprint density at radius 3 is 2.43 bits per heavy atom. The number of carbonyl (C=O) groups is 2. The summed E-state index contributed by atoms with van der Waals surface area (Å²) in [5.74, 6) is -0.353. The van der Waals surface area contributed by atoms with Gasteiger partial charge in [-0.1, -0.05) is 12.1 Å². The number of aliphatic hydroxyl groups is 1. The molecule has 0 unspecified atom stereocenters. The number of hydrogen-bond acceptors (Lipinski definition) is 9. The Kier molecular flexibility index (Phi) is 5.41. The number of rotatable bonds is 4. The highest BCUT2D eigenvalue weighted by atomic mass is 16.8. The number of benzene rings is 2. The number of hydrogen-bond donors (Lipinski definition) is 1. The zero-order valence-corrected chi connectivity index (χ0v) is 21.1. The molecule has 4 aliphatic rings. The Bertz CT molecular complexity index is 1260. The van der Waals surface area contributed by atoms with Gasteiger partial charge in [-0.15, -0.1) is 0 Å². The van der Waals surface area contributed by atoms with Crippen LogP contribution in [0.2, 0.25) is 0 Å². The predicted molar refractivity (Wildman–Crippen MR) is 127 cm³/mol. The molecule has 6 rings (SSSR count). The number of aliphatic hydroxyl groups excluding tert-OH is 1. The molecule has 2 aromatic carbocycles. The number of amides is 1. The molecule has 0 spiro atoms. The van der Waals surface area contributed by atoms with Crippen LogP contribution in [-0.2, 0) is 31.0 Å². The van der Waals surface area contributed by atoms with Gasteiger partial charge in [0.2, 0.25) is 6.79 Å². The summed E-state index contributed by atoms with van der Waals surface area (Å²) in [6, 6.07) is 9.81.